The number of carbonyl (C=O) groups excluding carboxylic acids is 2. The lowest BCUT2D eigenvalue weighted by molar-refractivity contribution is -0.122. The predicted octanol–water partition coefficient (Wildman–Crippen LogP) is 1.51. The molecule has 140 valence electrons. The maximum Gasteiger partial charge on any atom is 0.324 e. The summed E-state index contributed by atoms with van der Waals surface area (Å²) in [5.41, 5.74) is 0.966. The maximum absolute atomic E-state index is 12.4. The fraction of sp³-hybridized carbons (Fsp3) is 0.444. The van der Waals surface area contributed by atoms with Gasteiger partial charge in [0.15, 0.2) is 0 Å². The summed E-state index contributed by atoms with van der Waals surface area (Å²) in [6.45, 7) is 1.23. The van der Waals surface area contributed by atoms with Gasteiger partial charge in [0, 0.05) is 13.1 Å². The van der Waals surface area contributed by atoms with Crippen molar-refractivity contribution in [3.05, 3.63) is 48.0 Å². The zero-order chi connectivity index (χ0) is 18.7. The van der Waals surface area contributed by atoms with Crippen LogP contribution >= 0.6 is 0 Å². The van der Waals surface area contributed by atoms with Crippen molar-refractivity contribution in [1.82, 2.24) is 14.5 Å². The number of hydrogen-bond donors (Lipinski definition) is 1. The molecular weight excluding hydrogens is 354 g/mol. The number of piperidine rings is 1. The average molecular weight is 377 g/mol. The molecule has 1 aromatic rings. The molecule has 1 N–H and O–H groups in total. The molecule has 2 aliphatic rings. The summed E-state index contributed by atoms with van der Waals surface area (Å²) in [5, 5.41) is 2.82. The number of carbonyl (C=O) groups is 2. The van der Waals surface area contributed by atoms with Gasteiger partial charge < -0.3 is 5.32 Å². The fourth-order valence-corrected chi connectivity index (χ4v) is 4.18. The van der Waals surface area contributed by atoms with Crippen molar-refractivity contribution in [2.45, 2.75) is 18.9 Å². The van der Waals surface area contributed by atoms with Crippen LogP contribution in [-0.4, -0.2) is 55.5 Å². The molecule has 1 aromatic carbocycles. The minimum Gasteiger partial charge on any atom is -0.329 e. The van der Waals surface area contributed by atoms with E-state index in [1.807, 2.05) is 30.3 Å². The van der Waals surface area contributed by atoms with Crippen LogP contribution in [0.15, 0.2) is 42.5 Å². The van der Waals surface area contributed by atoms with E-state index in [9.17, 15) is 18.0 Å². The van der Waals surface area contributed by atoms with Crippen LogP contribution in [0.25, 0.3) is 0 Å². The number of amides is 3. The minimum atomic E-state index is -3.15. The molecule has 0 aromatic heterocycles. The molecule has 0 saturated carbocycles. The highest BCUT2D eigenvalue weighted by atomic mass is 32.2. The van der Waals surface area contributed by atoms with E-state index in [1.165, 1.54) is 21.5 Å². The van der Waals surface area contributed by atoms with E-state index in [0.29, 0.717) is 32.5 Å². The van der Waals surface area contributed by atoms with Crippen molar-refractivity contribution in [2.24, 2.45) is 5.92 Å². The van der Waals surface area contributed by atoms with Gasteiger partial charge in [-0.3, -0.25) is 9.69 Å². The smallest absolute Gasteiger partial charge is 0.324 e. The monoisotopic (exact) mass is 377 g/mol. The summed E-state index contributed by atoms with van der Waals surface area (Å²) in [5.74, 6) is -0.195. The number of allylic oxidation sites excluding steroid dienone is 1. The first kappa shape index (κ1) is 18.6. The van der Waals surface area contributed by atoms with Crippen LogP contribution in [0.4, 0.5) is 4.79 Å². The van der Waals surface area contributed by atoms with Gasteiger partial charge in [-0.15, -0.1) is 0 Å². The Balaban J connectivity index is 1.55. The Labute approximate surface area is 153 Å². The summed E-state index contributed by atoms with van der Waals surface area (Å²) in [6.07, 6.45) is 5.80. The number of rotatable bonds is 4. The molecule has 8 heteroatoms. The Bertz CT molecular complexity index is 799. The predicted molar refractivity (Wildman–Crippen MR) is 97.7 cm³/mol. The third kappa shape index (κ3) is 4.31. The van der Waals surface area contributed by atoms with Crippen LogP contribution in [0.5, 0.6) is 0 Å². The van der Waals surface area contributed by atoms with Gasteiger partial charge in [-0.25, -0.2) is 17.5 Å². The number of benzene rings is 1. The van der Waals surface area contributed by atoms with Crippen LogP contribution < -0.4 is 5.32 Å². The van der Waals surface area contributed by atoms with Crippen molar-refractivity contribution in [2.75, 3.05) is 25.9 Å². The SMILES string of the molecule is CS(=O)(=O)N1CCC(/C=C/C(=O)N2CC(c3ccccc3)NC2=O)CC1. The van der Waals surface area contributed by atoms with Crippen molar-refractivity contribution in [3.63, 3.8) is 0 Å². The normalized spacial score (nSPS) is 22.7. The van der Waals surface area contributed by atoms with Crippen molar-refractivity contribution in [1.29, 1.82) is 0 Å². The van der Waals surface area contributed by atoms with E-state index < -0.39 is 10.0 Å². The van der Waals surface area contributed by atoms with E-state index in [2.05, 4.69) is 5.32 Å². The van der Waals surface area contributed by atoms with Gasteiger partial charge in [-0.1, -0.05) is 36.4 Å². The van der Waals surface area contributed by atoms with Crippen molar-refractivity contribution in [3.8, 4) is 0 Å². The first-order chi connectivity index (χ1) is 12.3. The van der Waals surface area contributed by atoms with E-state index in [0.717, 1.165) is 5.56 Å². The summed E-state index contributed by atoms with van der Waals surface area (Å²) in [7, 11) is -3.15. The second kappa shape index (κ2) is 7.59. The average Bonchev–Trinajstić information content (AvgIpc) is 3.02. The highest BCUT2D eigenvalue weighted by Crippen LogP contribution is 2.22. The molecule has 3 amide bonds. The zero-order valence-corrected chi connectivity index (χ0v) is 15.5. The fourth-order valence-electron chi connectivity index (χ4n) is 3.31. The largest absolute Gasteiger partial charge is 0.329 e. The van der Waals surface area contributed by atoms with Gasteiger partial charge in [-0.05, 0) is 30.4 Å². The lowest BCUT2D eigenvalue weighted by Crippen LogP contribution is -2.37. The van der Waals surface area contributed by atoms with E-state index in [1.54, 1.807) is 6.08 Å². The second-order valence-corrected chi connectivity index (χ2v) is 8.70. The molecule has 2 fully saturated rings. The van der Waals surface area contributed by atoms with Gasteiger partial charge >= 0.3 is 6.03 Å². The zero-order valence-electron chi connectivity index (χ0n) is 14.7. The van der Waals surface area contributed by atoms with Crippen LogP contribution in [-0.2, 0) is 14.8 Å². The summed E-state index contributed by atoms with van der Waals surface area (Å²) < 4.78 is 24.5. The van der Waals surface area contributed by atoms with Gasteiger partial charge in [-0.2, -0.15) is 0 Å². The standard InChI is InChI=1S/C18H23N3O4S/c1-26(24,25)20-11-9-14(10-12-20)7-8-17(22)21-13-16(19-18(21)23)15-5-3-2-4-6-15/h2-8,14,16H,9-13H2,1H3,(H,19,23)/b8-7+. The van der Waals surface area contributed by atoms with Gasteiger partial charge in [0.05, 0.1) is 18.8 Å². The molecule has 0 spiro atoms. The number of hydrogen-bond acceptors (Lipinski definition) is 4. The summed E-state index contributed by atoms with van der Waals surface area (Å²) in [4.78, 5) is 25.7. The van der Waals surface area contributed by atoms with Crippen molar-refractivity contribution < 1.29 is 18.0 Å². The van der Waals surface area contributed by atoms with Gasteiger partial charge in [0.2, 0.25) is 10.0 Å². The number of urea groups is 1. The van der Waals surface area contributed by atoms with Crippen LogP contribution in [0.3, 0.4) is 0 Å². The highest BCUT2D eigenvalue weighted by molar-refractivity contribution is 7.88. The Morgan fingerprint density at radius 3 is 2.46 bits per heavy atom. The minimum absolute atomic E-state index is 0.146. The third-order valence-corrected chi connectivity index (χ3v) is 6.16. The van der Waals surface area contributed by atoms with Crippen molar-refractivity contribution >= 4 is 22.0 Å². The summed E-state index contributed by atoms with van der Waals surface area (Å²) in [6, 6.07) is 8.96. The number of imide groups is 1. The maximum atomic E-state index is 12.4. The molecule has 2 saturated heterocycles. The lowest BCUT2D eigenvalue weighted by atomic mass is 9.97. The highest BCUT2D eigenvalue weighted by Gasteiger charge is 2.33. The first-order valence-electron chi connectivity index (χ1n) is 8.65. The molecule has 0 radical (unpaired) electrons. The Hall–Kier alpha value is -2.19. The number of sulfonamides is 1. The van der Waals surface area contributed by atoms with Crippen LogP contribution in [0.2, 0.25) is 0 Å². The lowest BCUT2D eigenvalue weighted by Gasteiger charge is -2.28. The van der Waals surface area contributed by atoms with Gasteiger partial charge in [0.1, 0.15) is 0 Å². The second-order valence-electron chi connectivity index (χ2n) is 6.72. The molecule has 7 nitrogen and oxygen atoms in total. The summed E-state index contributed by atoms with van der Waals surface area (Å²) >= 11 is 0. The number of nitrogens with one attached hydrogen (secondary N) is 1. The molecular formula is C18H23N3O4S. The van der Waals surface area contributed by atoms with E-state index >= 15 is 0 Å². The van der Waals surface area contributed by atoms with Gasteiger partial charge in [0.25, 0.3) is 5.91 Å². The molecule has 2 heterocycles. The first-order valence-corrected chi connectivity index (χ1v) is 10.5. The third-order valence-electron chi connectivity index (χ3n) is 4.85. The quantitative estimate of drug-likeness (QED) is 0.806. The Kier molecular flexibility index (Phi) is 5.43. The molecule has 0 aliphatic carbocycles. The van der Waals surface area contributed by atoms with E-state index in [-0.39, 0.29) is 23.9 Å². The van der Waals surface area contributed by atoms with Crippen LogP contribution in [0, 0.1) is 5.92 Å². The molecule has 3 rings (SSSR count). The van der Waals surface area contributed by atoms with E-state index in [4.69, 9.17) is 0 Å². The topological polar surface area (TPSA) is 86.8 Å². The molecule has 26 heavy (non-hydrogen) atoms. The molecule has 2 aliphatic heterocycles. The van der Waals surface area contributed by atoms with Crippen LogP contribution in [0.1, 0.15) is 24.4 Å². The Morgan fingerprint density at radius 2 is 1.85 bits per heavy atom. The molecule has 0 bridgehead atoms. The molecule has 1 unspecified atom stereocenters. The molecule has 1 atom stereocenters. The number of nitrogens with zero attached hydrogens (tertiary/aromatic N) is 2. The Morgan fingerprint density at radius 1 is 1.19 bits per heavy atom.